The average molecular weight is 299 g/mol. The van der Waals surface area contributed by atoms with Crippen molar-refractivity contribution in [2.24, 2.45) is 10.8 Å². The number of aryl methyl sites for hydroxylation is 2. The van der Waals surface area contributed by atoms with Crippen LogP contribution in [0.1, 0.15) is 21.6 Å². The van der Waals surface area contributed by atoms with Gasteiger partial charge in [0, 0.05) is 0 Å². The second kappa shape index (κ2) is 6.85. The number of primary amides is 1. The summed E-state index contributed by atoms with van der Waals surface area (Å²) >= 11 is 1.55. The minimum atomic E-state index is -0.677. The first-order chi connectivity index (χ1) is 10.1. The van der Waals surface area contributed by atoms with Crippen molar-refractivity contribution in [3.63, 3.8) is 0 Å². The van der Waals surface area contributed by atoms with Crippen LogP contribution >= 0.6 is 11.3 Å². The first kappa shape index (κ1) is 15.0. The van der Waals surface area contributed by atoms with Crippen LogP contribution in [0.5, 0.6) is 0 Å². The molecule has 108 valence electrons. The Morgan fingerprint density at radius 1 is 1.33 bits per heavy atom. The summed E-state index contributed by atoms with van der Waals surface area (Å²) in [6.45, 7) is 4.13. The predicted octanol–water partition coefficient (Wildman–Crippen LogP) is 3.45. The Hall–Kier alpha value is -2.40. The molecular formula is C16H17N3OS. The van der Waals surface area contributed by atoms with Crippen molar-refractivity contribution in [1.29, 1.82) is 0 Å². The SMILES string of the molecule is Cc1ccc(/C=C/C(=N\NC(N)=O)c2cccs2)c(C)c1. The summed E-state index contributed by atoms with van der Waals surface area (Å²) in [7, 11) is 0. The second-order valence-corrected chi connectivity index (χ2v) is 5.59. The maximum atomic E-state index is 10.8. The fourth-order valence-corrected chi connectivity index (χ4v) is 2.59. The van der Waals surface area contributed by atoms with Gasteiger partial charge in [0.25, 0.3) is 0 Å². The van der Waals surface area contributed by atoms with E-state index in [1.165, 1.54) is 11.1 Å². The monoisotopic (exact) mass is 299 g/mol. The van der Waals surface area contributed by atoms with Gasteiger partial charge < -0.3 is 5.73 Å². The number of hydrogen-bond acceptors (Lipinski definition) is 3. The average Bonchev–Trinajstić information content (AvgIpc) is 2.94. The second-order valence-electron chi connectivity index (χ2n) is 4.64. The number of hydrogen-bond donors (Lipinski definition) is 2. The molecule has 2 aromatic rings. The van der Waals surface area contributed by atoms with Gasteiger partial charge in [-0.1, -0.05) is 35.9 Å². The molecule has 0 unspecified atom stereocenters. The molecule has 1 heterocycles. The van der Waals surface area contributed by atoms with Crippen molar-refractivity contribution in [3.8, 4) is 0 Å². The fourth-order valence-electron chi connectivity index (χ4n) is 1.90. The molecule has 0 fully saturated rings. The van der Waals surface area contributed by atoms with E-state index in [1.54, 1.807) is 11.3 Å². The van der Waals surface area contributed by atoms with Gasteiger partial charge in [-0.25, -0.2) is 10.2 Å². The smallest absolute Gasteiger partial charge is 0.332 e. The van der Waals surface area contributed by atoms with Crippen molar-refractivity contribution < 1.29 is 4.79 Å². The molecule has 4 nitrogen and oxygen atoms in total. The molecule has 2 rings (SSSR count). The summed E-state index contributed by atoms with van der Waals surface area (Å²) in [6.07, 6.45) is 3.86. The summed E-state index contributed by atoms with van der Waals surface area (Å²) in [6, 6.07) is 9.46. The van der Waals surface area contributed by atoms with Crippen molar-refractivity contribution in [2.75, 3.05) is 0 Å². The number of nitrogens with two attached hydrogens (primary N) is 1. The number of carbonyl (C=O) groups is 1. The lowest BCUT2D eigenvalue weighted by molar-refractivity contribution is 0.249. The molecule has 0 aliphatic heterocycles. The third-order valence-corrected chi connectivity index (χ3v) is 3.80. The number of thiophene rings is 1. The number of hydrazone groups is 1. The van der Waals surface area contributed by atoms with Crippen molar-refractivity contribution in [2.45, 2.75) is 13.8 Å². The number of nitrogens with zero attached hydrogens (tertiary/aromatic N) is 1. The van der Waals surface area contributed by atoms with Gasteiger partial charge >= 0.3 is 6.03 Å². The van der Waals surface area contributed by atoms with Gasteiger partial charge in [-0.05, 0) is 42.5 Å². The van der Waals surface area contributed by atoms with Gasteiger partial charge in [0.15, 0.2) is 0 Å². The number of urea groups is 1. The van der Waals surface area contributed by atoms with Gasteiger partial charge in [-0.2, -0.15) is 5.10 Å². The van der Waals surface area contributed by atoms with Crippen LogP contribution in [0, 0.1) is 13.8 Å². The van der Waals surface area contributed by atoms with Gasteiger partial charge in [-0.3, -0.25) is 0 Å². The van der Waals surface area contributed by atoms with Crippen molar-refractivity contribution in [3.05, 3.63) is 63.4 Å². The number of nitrogens with one attached hydrogen (secondary N) is 1. The highest BCUT2D eigenvalue weighted by molar-refractivity contribution is 7.12. The van der Waals surface area contributed by atoms with Crippen molar-refractivity contribution >= 4 is 29.2 Å². The Balaban J connectivity index is 2.28. The minimum absolute atomic E-state index is 0.670. The highest BCUT2D eigenvalue weighted by Crippen LogP contribution is 2.15. The molecule has 21 heavy (non-hydrogen) atoms. The van der Waals surface area contributed by atoms with Crippen LogP contribution in [-0.2, 0) is 0 Å². The number of benzene rings is 1. The fraction of sp³-hybridized carbons (Fsp3) is 0.125. The van der Waals surface area contributed by atoms with E-state index in [4.69, 9.17) is 5.73 Å². The first-order valence-corrected chi connectivity index (χ1v) is 7.36. The van der Waals surface area contributed by atoms with Gasteiger partial charge in [0.2, 0.25) is 0 Å². The quantitative estimate of drug-likeness (QED) is 0.659. The molecule has 0 aliphatic carbocycles. The summed E-state index contributed by atoms with van der Waals surface area (Å²) in [5, 5.41) is 6.00. The van der Waals surface area contributed by atoms with Crippen LogP contribution in [0.15, 0.2) is 46.9 Å². The van der Waals surface area contributed by atoms with E-state index < -0.39 is 6.03 Å². The Labute approximate surface area is 128 Å². The molecule has 0 spiro atoms. The molecular weight excluding hydrogens is 282 g/mol. The Kier molecular flexibility index (Phi) is 4.90. The molecule has 5 heteroatoms. The van der Waals surface area contributed by atoms with E-state index in [-0.39, 0.29) is 0 Å². The molecule has 3 N–H and O–H groups in total. The van der Waals surface area contributed by atoms with E-state index in [9.17, 15) is 4.79 Å². The normalized spacial score (nSPS) is 11.8. The standard InChI is InChI=1S/C16H17N3OS/c1-11-5-6-13(12(2)10-11)7-8-14(18-19-16(17)20)15-4-3-9-21-15/h3-10H,1-2H3,(H3,17,19,20)/b8-7+,18-14+. The summed E-state index contributed by atoms with van der Waals surface area (Å²) in [5.41, 5.74) is 11.5. The molecule has 0 radical (unpaired) electrons. The Morgan fingerprint density at radius 2 is 2.14 bits per heavy atom. The molecule has 0 aliphatic rings. The van der Waals surface area contributed by atoms with E-state index in [0.717, 1.165) is 10.4 Å². The molecule has 0 bridgehead atoms. The lowest BCUT2D eigenvalue weighted by atomic mass is 10.0. The van der Waals surface area contributed by atoms with Crippen LogP contribution < -0.4 is 11.2 Å². The van der Waals surface area contributed by atoms with E-state index in [1.807, 2.05) is 29.7 Å². The van der Waals surface area contributed by atoms with E-state index in [0.29, 0.717) is 5.71 Å². The Bertz CT molecular complexity index is 688. The number of rotatable bonds is 4. The molecule has 0 saturated carbocycles. The molecule has 1 aromatic heterocycles. The maximum absolute atomic E-state index is 10.8. The largest absolute Gasteiger partial charge is 0.350 e. The lowest BCUT2D eigenvalue weighted by Crippen LogP contribution is -2.25. The molecule has 2 amide bonds. The van der Waals surface area contributed by atoms with Crippen LogP contribution in [0.25, 0.3) is 6.08 Å². The molecule has 1 aromatic carbocycles. The topological polar surface area (TPSA) is 67.5 Å². The summed E-state index contributed by atoms with van der Waals surface area (Å²) < 4.78 is 0. The van der Waals surface area contributed by atoms with Crippen LogP contribution in [0.3, 0.4) is 0 Å². The van der Waals surface area contributed by atoms with Crippen LogP contribution in [0.2, 0.25) is 0 Å². The summed E-state index contributed by atoms with van der Waals surface area (Å²) in [5.74, 6) is 0. The molecule has 0 saturated heterocycles. The third kappa shape index (κ3) is 4.29. The van der Waals surface area contributed by atoms with Crippen LogP contribution in [-0.4, -0.2) is 11.7 Å². The Morgan fingerprint density at radius 3 is 2.76 bits per heavy atom. The zero-order chi connectivity index (χ0) is 15.2. The zero-order valence-corrected chi connectivity index (χ0v) is 12.8. The van der Waals surface area contributed by atoms with Gasteiger partial charge in [0.05, 0.1) is 4.88 Å². The third-order valence-electron chi connectivity index (χ3n) is 2.91. The first-order valence-electron chi connectivity index (χ1n) is 6.48. The van der Waals surface area contributed by atoms with Crippen LogP contribution in [0.4, 0.5) is 4.79 Å². The number of carbonyl (C=O) groups excluding carboxylic acids is 1. The maximum Gasteiger partial charge on any atom is 0.332 e. The summed E-state index contributed by atoms with van der Waals surface area (Å²) in [4.78, 5) is 11.8. The minimum Gasteiger partial charge on any atom is -0.350 e. The number of amides is 2. The zero-order valence-electron chi connectivity index (χ0n) is 12.0. The highest BCUT2D eigenvalue weighted by atomic mass is 32.1. The lowest BCUT2D eigenvalue weighted by Gasteiger charge is -2.03. The van der Waals surface area contributed by atoms with E-state index in [2.05, 4.69) is 42.6 Å². The highest BCUT2D eigenvalue weighted by Gasteiger charge is 2.02. The van der Waals surface area contributed by atoms with Gasteiger partial charge in [-0.15, -0.1) is 11.3 Å². The van der Waals surface area contributed by atoms with E-state index >= 15 is 0 Å². The molecule has 0 atom stereocenters. The predicted molar refractivity (Wildman–Crippen MR) is 88.5 cm³/mol. The van der Waals surface area contributed by atoms with Crippen molar-refractivity contribution in [1.82, 2.24) is 5.43 Å². The van der Waals surface area contributed by atoms with Gasteiger partial charge in [0.1, 0.15) is 5.71 Å². The number of allylic oxidation sites excluding steroid dienone is 1.